The Balaban J connectivity index is 1.26. The van der Waals surface area contributed by atoms with Gasteiger partial charge in [0.25, 0.3) is 0 Å². The zero-order valence-electron chi connectivity index (χ0n) is 14.7. The van der Waals surface area contributed by atoms with Crippen LogP contribution in [0, 0.1) is 11.8 Å². The van der Waals surface area contributed by atoms with Gasteiger partial charge in [0.1, 0.15) is 0 Å². The van der Waals surface area contributed by atoms with Gasteiger partial charge in [-0.2, -0.15) is 5.10 Å². The number of fused-ring (bicyclic) bond motifs is 2. The summed E-state index contributed by atoms with van der Waals surface area (Å²) >= 11 is 12.1. The van der Waals surface area contributed by atoms with E-state index in [9.17, 15) is 9.90 Å². The third-order valence-corrected chi connectivity index (χ3v) is 6.37. The van der Waals surface area contributed by atoms with Crippen LogP contribution in [-0.2, 0) is 5.60 Å². The van der Waals surface area contributed by atoms with Crippen molar-refractivity contribution in [2.75, 3.05) is 5.32 Å². The first-order valence-corrected chi connectivity index (χ1v) is 9.87. The topological polar surface area (TPSA) is 90.0 Å². The Labute approximate surface area is 171 Å². The largest absolute Gasteiger partial charge is 0.385 e. The van der Waals surface area contributed by atoms with Crippen LogP contribution < -0.4 is 10.6 Å². The highest BCUT2D eigenvalue weighted by molar-refractivity contribution is 6.31. The molecule has 2 unspecified atom stereocenters. The number of aromatic amines is 1. The van der Waals surface area contributed by atoms with Gasteiger partial charge in [0.15, 0.2) is 0 Å². The highest BCUT2D eigenvalue weighted by Crippen LogP contribution is 2.60. The maximum absolute atomic E-state index is 12.2. The number of benzene rings is 2. The Morgan fingerprint density at radius 3 is 2.57 bits per heavy atom. The molecule has 2 atom stereocenters. The lowest BCUT2D eigenvalue weighted by Gasteiger charge is -2.27. The lowest BCUT2D eigenvalue weighted by Crippen LogP contribution is -2.36. The second kappa shape index (κ2) is 6.37. The molecule has 2 amide bonds. The van der Waals surface area contributed by atoms with Crippen molar-refractivity contribution in [2.45, 2.75) is 24.5 Å². The van der Waals surface area contributed by atoms with Crippen molar-refractivity contribution in [1.82, 2.24) is 15.5 Å². The fourth-order valence-electron chi connectivity index (χ4n) is 4.55. The average molecular weight is 417 g/mol. The van der Waals surface area contributed by atoms with Gasteiger partial charge in [0.05, 0.1) is 17.3 Å². The first-order chi connectivity index (χ1) is 13.4. The SMILES string of the molecule is O=C(Nc1ccc(Cl)cc1)NC1C2CC(O)(c3cc(Cl)cc4[nH]ncc34)CC21. The smallest absolute Gasteiger partial charge is 0.319 e. The van der Waals surface area contributed by atoms with E-state index in [1.807, 2.05) is 6.07 Å². The minimum atomic E-state index is -0.951. The molecule has 144 valence electrons. The van der Waals surface area contributed by atoms with Crippen molar-refractivity contribution < 1.29 is 9.90 Å². The monoisotopic (exact) mass is 416 g/mol. The standard InChI is InChI=1S/C20H18Cl2N4O2/c21-10-1-3-12(4-2-10)24-19(27)25-18-13-7-20(28,8-14(13)18)16-5-11(22)6-17-15(16)9-23-26-17/h1-6,9,13-14,18,28H,7-8H2,(H,23,26)(H2,24,25,27). The Kier molecular flexibility index (Phi) is 4.05. The number of halogens is 2. The van der Waals surface area contributed by atoms with E-state index >= 15 is 0 Å². The van der Waals surface area contributed by atoms with Crippen LogP contribution in [0.25, 0.3) is 10.9 Å². The summed E-state index contributed by atoms with van der Waals surface area (Å²) < 4.78 is 0. The molecule has 2 aliphatic carbocycles. The van der Waals surface area contributed by atoms with Crippen molar-refractivity contribution in [3.8, 4) is 0 Å². The quantitative estimate of drug-likeness (QED) is 0.513. The Morgan fingerprint density at radius 2 is 1.86 bits per heavy atom. The van der Waals surface area contributed by atoms with Crippen LogP contribution >= 0.6 is 23.2 Å². The molecule has 0 spiro atoms. The number of anilines is 1. The van der Waals surface area contributed by atoms with Gasteiger partial charge in [0, 0.05) is 27.2 Å². The maximum atomic E-state index is 12.2. The summed E-state index contributed by atoms with van der Waals surface area (Å²) in [6.45, 7) is 0. The average Bonchev–Trinajstić information content (AvgIpc) is 3.03. The molecule has 2 aromatic carbocycles. The van der Waals surface area contributed by atoms with Gasteiger partial charge in [-0.3, -0.25) is 5.10 Å². The number of rotatable bonds is 3. The van der Waals surface area contributed by atoms with Crippen LogP contribution in [0.5, 0.6) is 0 Å². The van der Waals surface area contributed by atoms with E-state index in [1.165, 1.54) is 0 Å². The molecule has 3 aromatic rings. The number of hydrogen-bond acceptors (Lipinski definition) is 3. The lowest BCUT2D eigenvalue weighted by molar-refractivity contribution is 0.0300. The summed E-state index contributed by atoms with van der Waals surface area (Å²) in [6, 6.07) is 10.4. The minimum absolute atomic E-state index is 0.0756. The maximum Gasteiger partial charge on any atom is 0.319 e. The van der Waals surface area contributed by atoms with Crippen LogP contribution in [0.2, 0.25) is 10.0 Å². The van der Waals surface area contributed by atoms with Crippen LogP contribution in [0.3, 0.4) is 0 Å². The fraction of sp³-hybridized carbons (Fsp3) is 0.300. The number of nitrogens with zero attached hydrogens (tertiary/aromatic N) is 1. The molecule has 1 aromatic heterocycles. The number of carbonyl (C=O) groups excluding carboxylic acids is 1. The third kappa shape index (κ3) is 3.02. The molecule has 6 nitrogen and oxygen atoms in total. The number of urea groups is 1. The van der Waals surface area contributed by atoms with E-state index in [2.05, 4.69) is 20.8 Å². The summed E-state index contributed by atoms with van der Waals surface area (Å²) in [4.78, 5) is 12.2. The minimum Gasteiger partial charge on any atom is -0.385 e. The van der Waals surface area contributed by atoms with Crippen LogP contribution in [0.15, 0.2) is 42.6 Å². The van der Waals surface area contributed by atoms with E-state index in [0.717, 1.165) is 16.5 Å². The van der Waals surface area contributed by atoms with Gasteiger partial charge >= 0.3 is 6.03 Å². The zero-order valence-corrected chi connectivity index (χ0v) is 16.3. The third-order valence-electron chi connectivity index (χ3n) is 5.90. The molecule has 2 aliphatic rings. The molecule has 1 heterocycles. The number of aliphatic hydroxyl groups is 1. The Morgan fingerprint density at radius 1 is 1.14 bits per heavy atom. The number of H-pyrrole nitrogens is 1. The molecule has 0 saturated heterocycles. The van der Waals surface area contributed by atoms with Gasteiger partial charge < -0.3 is 15.7 Å². The van der Waals surface area contributed by atoms with E-state index in [4.69, 9.17) is 23.2 Å². The summed E-state index contributed by atoms with van der Waals surface area (Å²) in [5.41, 5.74) is 1.35. The summed E-state index contributed by atoms with van der Waals surface area (Å²) in [7, 11) is 0. The Bertz CT molecular complexity index is 1050. The van der Waals surface area contributed by atoms with Crippen LogP contribution in [0.4, 0.5) is 10.5 Å². The predicted molar refractivity (Wildman–Crippen MR) is 109 cm³/mol. The van der Waals surface area contributed by atoms with Crippen molar-refractivity contribution in [1.29, 1.82) is 0 Å². The molecule has 8 heteroatoms. The second-order valence-corrected chi connectivity index (χ2v) is 8.56. The first kappa shape index (κ1) is 17.8. The highest BCUT2D eigenvalue weighted by Gasteiger charge is 2.62. The van der Waals surface area contributed by atoms with E-state index in [0.29, 0.717) is 28.6 Å². The first-order valence-electron chi connectivity index (χ1n) is 9.11. The van der Waals surface area contributed by atoms with Crippen molar-refractivity contribution in [3.63, 3.8) is 0 Å². The molecule has 28 heavy (non-hydrogen) atoms. The molecule has 0 bridgehead atoms. The molecular formula is C20H18Cl2N4O2. The van der Waals surface area contributed by atoms with Gasteiger partial charge in [-0.25, -0.2) is 4.79 Å². The molecule has 0 radical (unpaired) electrons. The van der Waals surface area contributed by atoms with Crippen molar-refractivity contribution in [2.24, 2.45) is 11.8 Å². The van der Waals surface area contributed by atoms with Crippen LogP contribution in [-0.4, -0.2) is 27.4 Å². The van der Waals surface area contributed by atoms with Gasteiger partial charge in [0.2, 0.25) is 0 Å². The summed E-state index contributed by atoms with van der Waals surface area (Å²) in [5, 5.41) is 26.1. The number of carbonyl (C=O) groups is 1. The summed E-state index contributed by atoms with van der Waals surface area (Å²) in [6.07, 6.45) is 2.90. The van der Waals surface area contributed by atoms with Gasteiger partial charge in [-0.1, -0.05) is 23.2 Å². The lowest BCUT2D eigenvalue weighted by atomic mass is 9.86. The molecule has 0 aliphatic heterocycles. The fourth-order valence-corrected chi connectivity index (χ4v) is 4.90. The van der Waals surface area contributed by atoms with Crippen LogP contribution in [0.1, 0.15) is 18.4 Å². The van der Waals surface area contributed by atoms with E-state index in [1.54, 1.807) is 36.5 Å². The molecule has 4 N–H and O–H groups in total. The second-order valence-electron chi connectivity index (χ2n) is 7.68. The zero-order chi connectivity index (χ0) is 19.5. The number of nitrogens with one attached hydrogen (secondary N) is 3. The molecule has 2 fully saturated rings. The molecular weight excluding hydrogens is 399 g/mol. The van der Waals surface area contributed by atoms with Crippen molar-refractivity contribution in [3.05, 3.63) is 58.2 Å². The number of amides is 2. The van der Waals surface area contributed by atoms with E-state index < -0.39 is 5.60 Å². The van der Waals surface area contributed by atoms with Gasteiger partial charge in [-0.05, 0) is 66.6 Å². The molecule has 5 rings (SSSR count). The number of hydrogen-bond donors (Lipinski definition) is 4. The Hall–Kier alpha value is -2.28. The normalized spacial score (nSPS) is 28.2. The van der Waals surface area contributed by atoms with E-state index in [-0.39, 0.29) is 23.9 Å². The summed E-state index contributed by atoms with van der Waals surface area (Å²) in [5.74, 6) is 0.504. The predicted octanol–water partition coefficient (Wildman–Crippen LogP) is 4.29. The number of aromatic nitrogens is 2. The van der Waals surface area contributed by atoms with Crippen molar-refractivity contribution >= 4 is 45.8 Å². The van der Waals surface area contributed by atoms with Gasteiger partial charge in [-0.15, -0.1) is 0 Å². The molecule has 2 saturated carbocycles. The highest BCUT2D eigenvalue weighted by atomic mass is 35.5.